The number of hydrogen-bond donors (Lipinski definition) is 0. The number of nitrogens with zero attached hydrogens (tertiary/aromatic N) is 1. The van der Waals surface area contributed by atoms with E-state index in [1.165, 1.54) is 88.7 Å². The first-order valence-corrected chi connectivity index (χ1v) is 24.6. The molecular weight excluding hydrogens is 831 g/mol. The molecule has 0 heterocycles. The molecule has 2 unspecified atom stereocenters. The van der Waals surface area contributed by atoms with Gasteiger partial charge in [-0.25, -0.2) is 0 Å². The minimum absolute atomic E-state index is 0.0165. The molecule has 0 aromatic heterocycles. The topological polar surface area (TPSA) is 3.24 Å². The van der Waals surface area contributed by atoms with E-state index in [-0.39, 0.29) is 10.8 Å². The minimum atomic E-state index is -0.559. The van der Waals surface area contributed by atoms with Gasteiger partial charge in [0.05, 0.1) is 10.8 Å². The molecule has 10 aromatic rings. The van der Waals surface area contributed by atoms with Gasteiger partial charge in [-0.05, 0) is 136 Å². The minimum Gasteiger partial charge on any atom is -0.310 e. The standard InChI is InChI=1S/C68H57N/c1-65(2,3)46-34-36-49(37-35-46)67(47-22-10-7-11-23-47)60-32-20-18-30-55(60)57-40-38-52(45-64(57)67)69(50-26-14-9-15-27-50)51-39-41-63-58(44-51)56-31-19-21-33-61(56)68(63,48-24-12-8-13-25-48)62-43-42-59(66(4,5)6)53-28-16-17-29-54(53)62/h7-45H,1-6H3. The summed E-state index contributed by atoms with van der Waals surface area (Å²) in [5.41, 5.74) is 20.3. The van der Waals surface area contributed by atoms with Crippen molar-refractivity contribution in [1.29, 1.82) is 0 Å². The second-order valence-corrected chi connectivity index (χ2v) is 21.2. The molecule has 0 radical (unpaired) electrons. The van der Waals surface area contributed by atoms with Crippen molar-refractivity contribution in [2.75, 3.05) is 4.90 Å². The van der Waals surface area contributed by atoms with Gasteiger partial charge in [0.2, 0.25) is 0 Å². The van der Waals surface area contributed by atoms with Gasteiger partial charge in [-0.15, -0.1) is 0 Å². The molecule has 0 bridgehead atoms. The van der Waals surface area contributed by atoms with Gasteiger partial charge in [0.15, 0.2) is 0 Å². The maximum atomic E-state index is 2.49. The molecule has 0 amide bonds. The lowest BCUT2D eigenvalue weighted by atomic mass is 9.66. The van der Waals surface area contributed by atoms with Crippen LogP contribution >= 0.6 is 0 Å². The Balaban J connectivity index is 1.11. The maximum Gasteiger partial charge on any atom is 0.0719 e. The fourth-order valence-electron chi connectivity index (χ4n) is 12.3. The van der Waals surface area contributed by atoms with Gasteiger partial charge >= 0.3 is 0 Å². The Bertz CT molecular complexity index is 3560. The third-order valence-corrected chi connectivity index (χ3v) is 15.3. The molecule has 2 aliphatic rings. The van der Waals surface area contributed by atoms with Gasteiger partial charge in [0, 0.05) is 17.1 Å². The van der Waals surface area contributed by atoms with Gasteiger partial charge < -0.3 is 4.90 Å². The lowest BCUT2D eigenvalue weighted by Gasteiger charge is -2.36. The van der Waals surface area contributed by atoms with Crippen molar-refractivity contribution in [3.63, 3.8) is 0 Å². The van der Waals surface area contributed by atoms with Gasteiger partial charge in [0.25, 0.3) is 0 Å². The van der Waals surface area contributed by atoms with E-state index in [1.807, 2.05) is 0 Å². The van der Waals surface area contributed by atoms with Crippen LogP contribution in [0.5, 0.6) is 0 Å². The summed E-state index contributed by atoms with van der Waals surface area (Å²) >= 11 is 0. The Morgan fingerprint density at radius 2 is 0.754 bits per heavy atom. The van der Waals surface area contributed by atoms with Crippen LogP contribution in [0.15, 0.2) is 237 Å². The summed E-state index contributed by atoms with van der Waals surface area (Å²) in [5.74, 6) is 0. The van der Waals surface area contributed by atoms with E-state index in [0.717, 1.165) is 17.1 Å². The Hall–Kier alpha value is -7.74. The summed E-state index contributed by atoms with van der Waals surface area (Å²) in [5, 5.41) is 2.60. The van der Waals surface area contributed by atoms with Crippen LogP contribution in [0.1, 0.15) is 97.2 Å². The van der Waals surface area contributed by atoms with Crippen molar-refractivity contribution in [1.82, 2.24) is 0 Å². The molecule has 69 heavy (non-hydrogen) atoms. The first-order chi connectivity index (χ1) is 33.5. The number of benzene rings is 10. The van der Waals surface area contributed by atoms with Crippen molar-refractivity contribution in [3.05, 3.63) is 292 Å². The molecule has 12 rings (SSSR count). The van der Waals surface area contributed by atoms with Crippen molar-refractivity contribution >= 4 is 27.8 Å². The highest BCUT2D eigenvalue weighted by Crippen LogP contribution is 2.60. The van der Waals surface area contributed by atoms with Crippen LogP contribution in [-0.4, -0.2) is 0 Å². The molecule has 0 fully saturated rings. The predicted molar refractivity (Wildman–Crippen MR) is 291 cm³/mol. The van der Waals surface area contributed by atoms with Crippen LogP contribution in [-0.2, 0) is 21.7 Å². The van der Waals surface area contributed by atoms with Gasteiger partial charge in [0.1, 0.15) is 0 Å². The zero-order chi connectivity index (χ0) is 47.1. The first kappa shape index (κ1) is 42.6. The summed E-state index contributed by atoms with van der Waals surface area (Å²) in [4.78, 5) is 2.47. The van der Waals surface area contributed by atoms with E-state index in [4.69, 9.17) is 0 Å². The van der Waals surface area contributed by atoms with Crippen molar-refractivity contribution in [2.24, 2.45) is 0 Å². The number of para-hydroxylation sites is 1. The highest BCUT2D eigenvalue weighted by molar-refractivity contribution is 5.97. The Kier molecular flexibility index (Phi) is 9.84. The highest BCUT2D eigenvalue weighted by Gasteiger charge is 2.49. The fraction of sp³-hybridized carbons (Fsp3) is 0.147. The average molecular weight is 888 g/mol. The quantitative estimate of drug-likeness (QED) is 0.154. The lowest BCUT2D eigenvalue weighted by Crippen LogP contribution is -2.29. The van der Waals surface area contributed by atoms with Crippen LogP contribution in [0, 0.1) is 0 Å². The number of hydrogen-bond acceptors (Lipinski definition) is 1. The van der Waals surface area contributed by atoms with E-state index in [1.54, 1.807) is 0 Å². The third kappa shape index (κ3) is 6.44. The van der Waals surface area contributed by atoms with E-state index in [0.29, 0.717) is 0 Å². The van der Waals surface area contributed by atoms with Crippen LogP contribution in [0.3, 0.4) is 0 Å². The van der Waals surface area contributed by atoms with E-state index in [9.17, 15) is 0 Å². The summed E-state index contributed by atoms with van der Waals surface area (Å²) < 4.78 is 0. The van der Waals surface area contributed by atoms with Gasteiger partial charge in [-0.2, -0.15) is 0 Å². The molecule has 0 saturated carbocycles. The van der Waals surface area contributed by atoms with E-state index >= 15 is 0 Å². The zero-order valence-electron chi connectivity index (χ0n) is 40.5. The van der Waals surface area contributed by atoms with Crippen LogP contribution in [0.2, 0.25) is 0 Å². The van der Waals surface area contributed by atoms with Gasteiger partial charge in [-0.3, -0.25) is 0 Å². The second-order valence-electron chi connectivity index (χ2n) is 21.2. The zero-order valence-corrected chi connectivity index (χ0v) is 40.5. The second kappa shape index (κ2) is 15.9. The molecule has 334 valence electrons. The smallest absolute Gasteiger partial charge is 0.0719 e. The van der Waals surface area contributed by atoms with Crippen LogP contribution < -0.4 is 4.90 Å². The number of fused-ring (bicyclic) bond motifs is 7. The lowest BCUT2D eigenvalue weighted by molar-refractivity contribution is 0.589. The molecular formula is C68H57N. The summed E-state index contributed by atoms with van der Waals surface area (Å²) in [6.45, 7) is 13.9. The van der Waals surface area contributed by atoms with Crippen molar-refractivity contribution in [3.8, 4) is 22.3 Å². The normalized spacial score (nSPS) is 17.0. The number of rotatable bonds is 7. The third-order valence-electron chi connectivity index (χ3n) is 15.3. The molecule has 0 N–H and O–H groups in total. The Morgan fingerprint density at radius 1 is 0.290 bits per heavy atom. The summed E-state index contributed by atoms with van der Waals surface area (Å²) in [6.07, 6.45) is 0. The SMILES string of the molecule is CC(C)(C)c1ccc(C2(c3ccccc3)c3ccccc3-c3ccc(N(c4ccccc4)c4ccc5c(c4)-c4ccccc4C5(c4ccccc4)c4ccc(C(C)(C)C)c5ccccc45)cc32)cc1. The van der Waals surface area contributed by atoms with E-state index < -0.39 is 10.8 Å². The molecule has 1 heteroatoms. The molecule has 0 spiro atoms. The highest BCUT2D eigenvalue weighted by atomic mass is 15.1. The van der Waals surface area contributed by atoms with Gasteiger partial charge in [-0.1, -0.05) is 242 Å². The molecule has 0 saturated heterocycles. The molecule has 10 aromatic carbocycles. The van der Waals surface area contributed by atoms with Crippen molar-refractivity contribution < 1.29 is 0 Å². The van der Waals surface area contributed by atoms with Crippen LogP contribution in [0.4, 0.5) is 17.1 Å². The molecule has 2 aliphatic carbocycles. The molecule has 2 atom stereocenters. The Labute approximate surface area is 408 Å². The monoisotopic (exact) mass is 887 g/mol. The number of anilines is 3. The fourth-order valence-corrected chi connectivity index (χ4v) is 12.3. The van der Waals surface area contributed by atoms with Crippen molar-refractivity contribution in [2.45, 2.75) is 63.2 Å². The van der Waals surface area contributed by atoms with Crippen LogP contribution in [0.25, 0.3) is 33.0 Å². The Morgan fingerprint density at radius 3 is 1.39 bits per heavy atom. The average Bonchev–Trinajstić information content (AvgIpc) is 3.84. The summed E-state index contributed by atoms with van der Waals surface area (Å²) in [7, 11) is 0. The van der Waals surface area contributed by atoms with E-state index in [2.05, 4.69) is 283 Å². The largest absolute Gasteiger partial charge is 0.310 e. The molecule has 0 aliphatic heterocycles. The predicted octanol–water partition coefficient (Wildman–Crippen LogP) is 17.6. The maximum absolute atomic E-state index is 2.49. The molecule has 1 nitrogen and oxygen atoms in total. The first-order valence-electron chi connectivity index (χ1n) is 24.6. The summed E-state index contributed by atoms with van der Waals surface area (Å²) in [6, 6.07) is 89.4.